The van der Waals surface area contributed by atoms with Gasteiger partial charge in [0.1, 0.15) is 29.3 Å². The Labute approximate surface area is 173 Å². The van der Waals surface area contributed by atoms with Gasteiger partial charge in [-0.2, -0.15) is 0 Å². The van der Waals surface area contributed by atoms with Crippen molar-refractivity contribution in [2.24, 2.45) is 0 Å². The number of hydrogen-bond donors (Lipinski definition) is 4. The SMILES string of the molecule is Nc1[nH]c(=O)c(C(=O)O)c(-c2cccc(OCc3ccc([N+](=O)[O-])cc3)c2)c1C(=O)O. The van der Waals surface area contributed by atoms with Crippen LogP contribution in [0.3, 0.4) is 0 Å². The van der Waals surface area contributed by atoms with Crippen molar-refractivity contribution in [1.29, 1.82) is 0 Å². The number of aromatic nitrogens is 1. The van der Waals surface area contributed by atoms with Gasteiger partial charge in [-0.05, 0) is 35.4 Å². The Balaban J connectivity index is 2.00. The maximum Gasteiger partial charge on any atom is 0.342 e. The zero-order valence-electron chi connectivity index (χ0n) is 15.7. The summed E-state index contributed by atoms with van der Waals surface area (Å²) in [5, 5.41) is 29.7. The van der Waals surface area contributed by atoms with Crippen molar-refractivity contribution in [2.75, 3.05) is 5.73 Å². The summed E-state index contributed by atoms with van der Waals surface area (Å²) in [5.41, 5.74) is 3.60. The molecule has 0 spiro atoms. The Morgan fingerprint density at radius 1 is 1.06 bits per heavy atom. The van der Waals surface area contributed by atoms with Gasteiger partial charge in [-0.1, -0.05) is 12.1 Å². The number of anilines is 1. The summed E-state index contributed by atoms with van der Waals surface area (Å²) in [4.78, 5) is 47.7. The number of nitro benzene ring substituents is 1. The monoisotopic (exact) mass is 425 g/mol. The fraction of sp³-hybridized carbons (Fsp3) is 0.0500. The third-order valence-corrected chi connectivity index (χ3v) is 4.35. The number of H-pyrrole nitrogens is 1. The molecule has 11 nitrogen and oxygen atoms in total. The minimum absolute atomic E-state index is 0.0382. The van der Waals surface area contributed by atoms with Crippen LogP contribution in [0.25, 0.3) is 11.1 Å². The van der Waals surface area contributed by atoms with Crippen molar-refractivity contribution in [3.8, 4) is 16.9 Å². The maximum absolute atomic E-state index is 12.1. The van der Waals surface area contributed by atoms with Gasteiger partial charge in [-0.3, -0.25) is 14.9 Å². The molecule has 0 amide bonds. The number of nitrogens with two attached hydrogens (primary N) is 1. The summed E-state index contributed by atoms with van der Waals surface area (Å²) >= 11 is 0. The van der Waals surface area contributed by atoms with E-state index >= 15 is 0 Å². The molecule has 2 aromatic carbocycles. The van der Waals surface area contributed by atoms with E-state index in [1.54, 1.807) is 6.07 Å². The first-order chi connectivity index (χ1) is 14.7. The first-order valence-corrected chi connectivity index (χ1v) is 8.68. The highest BCUT2D eigenvalue weighted by Gasteiger charge is 2.26. The van der Waals surface area contributed by atoms with Crippen molar-refractivity contribution in [1.82, 2.24) is 4.98 Å². The van der Waals surface area contributed by atoms with E-state index in [9.17, 15) is 34.7 Å². The van der Waals surface area contributed by atoms with Crippen LogP contribution in [0.1, 0.15) is 26.3 Å². The molecule has 0 atom stereocenters. The first-order valence-electron chi connectivity index (χ1n) is 8.68. The number of aromatic amines is 1. The van der Waals surface area contributed by atoms with Gasteiger partial charge in [-0.25, -0.2) is 9.59 Å². The fourth-order valence-corrected chi connectivity index (χ4v) is 2.96. The highest BCUT2D eigenvalue weighted by atomic mass is 16.6. The molecule has 0 fully saturated rings. The molecule has 0 bridgehead atoms. The van der Waals surface area contributed by atoms with Crippen LogP contribution in [0.15, 0.2) is 53.3 Å². The Kier molecular flexibility index (Phi) is 5.68. The molecule has 31 heavy (non-hydrogen) atoms. The normalized spacial score (nSPS) is 10.5. The Hall–Kier alpha value is -4.67. The molecule has 158 valence electrons. The van der Waals surface area contributed by atoms with Gasteiger partial charge in [0.15, 0.2) is 0 Å². The van der Waals surface area contributed by atoms with Gasteiger partial charge in [0.25, 0.3) is 11.2 Å². The molecule has 0 radical (unpaired) electrons. The van der Waals surface area contributed by atoms with Gasteiger partial charge in [0.05, 0.1) is 4.92 Å². The van der Waals surface area contributed by atoms with Crippen molar-refractivity contribution in [3.05, 3.63) is 85.7 Å². The molecule has 11 heteroatoms. The lowest BCUT2D eigenvalue weighted by Crippen LogP contribution is -2.24. The van der Waals surface area contributed by atoms with Crippen LogP contribution >= 0.6 is 0 Å². The third kappa shape index (κ3) is 4.34. The van der Waals surface area contributed by atoms with Crippen molar-refractivity contribution in [2.45, 2.75) is 6.61 Å². The summed E-state index contributed by atoms with van der Waals surface area (Å²) in [7, 11) is 0. The number of nitrogens with zero attached hydrogens (tertiary/aromatic N) is 1. The van der Waals surface area contributed by atoms with Crippen LogP contribution in [-0.2, 0) is 6.61 Å². The van der Waals surface area contributed by atoms with Gasteiger partial charge in [0, 0.05) is 17.7 Å². The number of hydrogen-bond acceptors (Lipinski definition) is 7. The van der Waals surface area contributed by atoms with Gasteiger partial charge in [-0.15, -0.1) is 0 Å². The molecular weight excluding hydrogens is 410 g/mol. The number of aromatic carboxylic acids is 2. The predicted molar refractivity (Wildman–Crippen MR) is 108 cm³/mol. The average Bonchev–Trinajstić information content (AvgIpc) is 2.71. The minimum atomic E-state index is -1.61. The summed E-state index contributed by atoms with van der Waals surface area (Å²) in [5.74, 6) is -3.35. The molecule has 0 unspecified atom stereocenters. The molecule has 1 aromatic heterocycles. The van der Waals surface area contributed by atoms with E-state index in [0.29, 0.717) is 5.56 Å². The number of nitrogen functional groups attached to an aromatic ring is 1. The van der Waals surface area contributed by atoms with E-state index in [-0.39, 0.29) is 29.2 Å². The van der Waals surface area contributed by atoms with Crippen LogP contribution < -0.4 is 16.0 Å². The van der Waals surface area contributed by atoms with Crippen LogP contribution in [0.4, 0.5) is 11.5 Å². The predicted octanol–water partition coefficient (Wildman–Crippen LogP) is 2.51. The summed E-state index contributed by atoms with van der Waals surface area (Å²) in [6, 6.07) is 11.5. The topological polar surface area (TPSA) is 186 Å². The molecule has 0 aliphatic heterocycles. The minimum Gasteiger partial charge on any atom is -0.489 e. The van der Waals surface area contributed by atoms with E-state index < -0.39 is 39.4 Å². The number of nitro groups is 1. The van der Waals surface area contributed by atoms with E-state index in [1.165, 1.54) is 42.5 Å². The lowest BCUT2D eigenvalue weighted by atomic mass is 9.95. The second-order valence-corrected chi connectivity index (χ2v) is 6.34. The first kappa shape index (κ1) is 21.0. The molecule has 1 heterocycles. The quantitative estimate of drug-likeness (QED) is 0.326. The smallest absolute Gasteiger partial charge is 0.342 e. The number of carboxylic acids is 2. The standard InChI is InChI=1S/C20H15N3O8/c21-17-15(19(25)26)14(16(20(27)28)18(24)22-17)11-2-1-3-13(8-11)31-9-10-4-6-12(7-5-10)23(29)30/h1-8H,9H2,(H,25,26)(H,27,28)(H3,21,22,24). The number of pyridine rings is 1. The molecular formula is C20H15N3O8. The maximum atomic E-state index is 12.1. The second-order valence-electron chi connectivity index (χ2n) is 6.34. The largest absolute Gasteiger partial charge is 0.489 e. The average molecular weight is 425 g/mol. The van der Waals surface area contributed by atoms with Gasteiger partial charge >= 0.3 is 11.9 Å². The number of carbonyl (C=O) groups is 2. The molecule has 5 N–H and O–H groups in total. The van der Waals surface area contributed by atoms with E-state index in [4.69, 9.17) is 10.5 Å². The number of rotatable bonds is 7. The van der Waals surface area contributed by atoms with E-state index in [2.05, 4.69) is 0 Å². The Morgan fingerprint density at radius 2 is 1.71 bits per heavy atom. The van der Waals surface area contributed by atoms with Crippen LogP contribution in [0.5, 0.6) is 5.75 Å². The number of non-ortho nitro benzene ring substituents is 1. The van der Waals surface area contributed by atoms with Gasteiger partial charge in [0.2, 0.25) is 0 Å². The molecule has 3 rings (SSSR count). The number of benzene rings is 2. The van der Waals surface area contributed by atoms with Gasteiger partial charge < -0.3 is 25.7 Å². The zero-order valence-corrected chi connectivity index (χ0v) is 15.7. The third-order valence-electron chi connectivity index (χ3n) is 4.35. The summed E-state index contributed by atoms with van der Waals surface area (Å²) < 4.78 is 5.63. The molecule has 0 aliphatic rings. The van der Waals surface area contributed by atoms with Crippen LogP contribution in [-0.4, -0.2) is 32.1 Å². The van der Waals surface area contributed by atoms with Crippen LogP contribution in [0.2, 0.25) is 0 Å². The Bertz CT molecular complexity index is 1250. The molecule has 0 saturated heterocycles. The van der Waals surface area contributed by atoms with Crippen molar-refractivity contribution in [3.63, 3.8) is 0 Å². The lowest BCUT2D eigenvalue weighted by molar-refractivity contribution is -0.384. The van der Waals surface area contributed by atoms with Crippen molar-refractivity contribution < 1.29 is 29.5 Å². The highest BCUT2D eigenvalue weighted by molar-refractivity contribution is 6.07. The van der Waals surface area contributed by atoms with Crippen molar-refractivity contribution >= 4 is 23.4 Å². The molecule has 0 saturated carbocycles. The number of ether oxygens (including phenoxy) is 1. The molecule has 3 aromatic rings. The highest BCUT2D eigenvalue weighted by Crippen LogP contribution is 2.31. The van der Waals surface area contributed by atoms with E-state index in [1.807, 2.05) is 4.98 Å². The second kappa shape index (κ2) is 8.37. The lowest BCUT2D eigenvalue weighted by Gasteiger charge is -2.13. The number of nitrogens with one attached hydrogen (secondary N) is 1. The zero-order chi connectivity index (χ0) is 22.7. The summed E-state index contributed by atoms with van der Waals surface area (Å²) in [6.07, 6.45) is 0. The summed E-state index contributed by atoms with van der Waals surface area (Å²) in [6.45, 7) is 0.0382. The van der Waals surface area contributed by atoms with Crippen LogP contribution in [0, 0.1) is 10.1 Å². The Morgan fingerprint density at radius 3 is 2.29 bits per heavy atom. The fourth-order valence-electron chi connectivity index (χ4n) is 2.96. The van der Waals surface area contributed by atoms with E-state index in [0.717, 1.165) is 0 Å². The molecule has 0 aliphatic carbocycles. The number of carboxylic acid groups (broad SMARTS) is 2.